The fraction of sp³-hybridized carbons (Fsp3) is 0.462. The van der Waals surface area contributed by atoms with Crippen LogP contribution in [0.1, 0.15) is 30.6 Å². The summed E-state index contributed by atoms with van der Waals surface area (Å²) < 4.78 is 0. The summed E-state index contributed by atoms with van der Waals surface area (Å²) in [6.45, 7) is 5.24. The Hall–Kier alpha value is -1.91. The van der Waals surface area contributed by atoms with Crippen LogP contribution >= 0.6 is 0 Å². The van der Waals surface area contributed by atoms with E-state index in [1.165, 1.54) is 6.07 Å². The maximum absolute atomic E-state index is 10.9. The van der Waals surface area contributed by atoms with Crippen molar-refractivity contribution in [2.24, 2.45) is 5.92 Å². The van der Waals surface area contributed by atoms with Gasteiger partial charge >= 0.3 is 0 Å². The summed E-state index contributed by atoms with van der Waals surface area (Å²) in [4.78, 5) is 23.4. The molecule has 0 N–H and O–H groups in total. The lowest BCUT2D eigenvalue weighted by Crippen LogP contribution is -2.26. The number of hydrogen-bond acceptors (Lipinski definition) is 4. The molecule has 96 valence electrons. The Morgan fingerprint density at radius 3 is 2.67 bits per heavy atom. The first-order valence-corrected chi connectivity index (χ1v) is 6.03. The molecule has 0 saturated carbocycles. The Bertz CT molecular complexity index is 487. The molecule has 5 nitrogen and oxygen atoms in total. The van der Waals surface area contributed by atoms with Gasteiger partial charge in [-0.1, -0.05) is 6.92 Å². The van der Waals surface area contributed by atoms with Crippen LogP contribution < -0.4 is 4.90 Å². The molecular weight excluding hydrogens is 232 g/mol. The summed E-state index contributed by atoms with van der Waals surface area (Å²) in [7, 11) is 0. The van der Waals surface area contributed by atoms with Gasteiger partial charge in [-0.3, -0.25) is 14.9 Å². The molecule has 5 heteroatoms. The van der Waals surface area contributed by atoms with E-state index in [1.807, 2.05) is 0 Å². The number of carbonyl (C=O) groups excluding carboxylic acids is 1. The van der Waals surface area contributed by atoms with Crippen LogP contribution in [0.5, 0.6) is 0 Å². The lowest BCUT2D eigenvalue weighted by atomic mass is 10.1. The largest absolute Gasteiger partial charge is 0.369 e. The van der Waals surface area contributed by atoms with Crippen molar-refractivity contribution < 1.29 is 9.72 Å². The minimum atomic E-state index is -0.524. The van der Waals surface area contributed by atoms with Crippen molar-refractivity contribution in [3.05, 3.63) is 33.9 Å². The van der Waals surface area contributed by atoms with Crippen LogP contribution in [-0.2, 0) is 0 Å². The number of carbonyl (C=O) groups is 1. The summed E-state index contributed by atoms with van der Waals surface area (Å²) >= 11 is 0. The summed E-state index contributed by atoms with van der Waals surface area (Å²) in [6, 6.07) is 5.15. The topological polar surface area (TPSA) is 63.4 Å². The average molecular weight is 248 g/mol. The first kappa shape index (κ1) is 12.5. The molecule has 1 aliphatic rings. The Balaban J connectivity index is 2.36. The zero-order valence-electron chi connectivity index (χ0n) is 10.5. The Labute approximate surface area is 106 Å². The highest BCUT2D eigenvalue weighted by Gasteiger charge is 2.27. The molecule has 0 aromatic heterocycles. The molecule has 2 unspecified atom stereocenters. The second kappa shape index (κ2) is 4.76. The second-order valence-corrected chi connectivity index (χ2v) is 4.96. The maximum atomic E-state index is 10.9. The van der Waals surface area contributed by atoms with E-state index < -0.39 is 4.92 Å². The van der Waals surface area contributed by atoms with E-state index in [0.29, 0.717) is 18.2 Å². The number of aldehydes is 1. The normalized spacial score (nSPS) is 23.1. The van der Waals surface area contributed by atoms with Gasteiger partial charge in [-0.25, -0.2) is 0 Å². The van der Waals surface area contributed by atoms with Gasteiger partial charge in [0.2, 0.25) is 0 Å². The molecule has 0 radical (unpaired) electrons. The quantitative estimate of drug-likeness (QED) is 0.468. The van der Waals surface area contributed by atoms with E-state index in [0.717, 1.165) is 18.7 Å². The van der Waals surface area contributed by atoms with E-state index >= 15 is 0 Å². The van der Waals surface area contributed by atoms with Crippen molar-refractivity contribution in [3.63, 3.8) is 0 Å². The van der Waals surface area contributed by atoms with Crippen LogP contribution in [0.15, 0.2) is 18.2 Å². The van der Waals surface area contributed by atoms with E-state index in [4.69, 9.17) is 0 Å². The van der Waals surface area contributed by atoms with Crippen molar-refractivity contribution in [3.8, 4) is 0 Å². The third-order valence-electron chi connectivity index (χ3n) is 3.45. The van der Waals surface area contributed by atoms with E-state index in [-0.39, 0.29) is 11.3 Å². The summed E-state index contributed by atoms with van der Waals surface area (Å²) in [6.07, 6.45) is 1.65. The van der Waals surface area contributed by atoms with Gasteiger partial charge in [0.1, 0.15) is 0 Å². The molecule has 0 aliphatic carbocycles. The average Bonchev–Trinajstić information content (AvgIpc) is 2.67. The number of anilines is 1. The monoisotopic (exact) mass is 248 g/mol. The molecule has 1 aromatic carbocycles. The number of nitrogens with zero attached hydrogens (tertiary/aromatic N) is 2. The molecule has 18 heavy (non-hydrogen) atoms. The van der Waals surface area contributed by atoms with Gasteiger partial charge in [-0.2, -0.15) is 0 Å². The third kappa shape index (κ3) is 2.20. The molecule has 1 saturated heterocycles. The predicted octanol–water partition coefficient (Wildman–Crippen LogP) is 2.64. The zero-order chi connectivity index (χ0) is 13.3. The van der Waals surface area contributed by atoms with Gasteiger partial charge in [0.15, 0.2) is 6.29 Å². The van der Waals surface area contributed by atoms with E-state index in [2.05, 4.69) is 18.7 Å². The summed E-state index contributed by atoms with van der Waals surface area (Å²) in [5.41, 5.74) is 0.900. The highest BCUT2D eigenvalue weighted by Crippen LogP contribution is 2.31. The van der Waals surface area contributed by atoms with Crippen LogP contribution in [-0.4, -0.2) is 23.8 Å². The third-order valence-corrected chi connectivity index (χ3v) is 3.45. The second-order valence-electron chi connectivity index (χ2n) is 4.96. The molecular formula is C13H16N2O3. The van der Waals surface area contributed by atoms with Gasteiger partial charge in [0.25, 0.3) is 5.69 Å². The Morgan fingerprint density at radius 1 is 1.44 bits per heavy atom. The highest BCUT2D eigenvalue weighted by atomic mass is 16.6. The number of nitro groups is 1. The standard InChI is InChI=1S/C13H16N2O3/c1-9-5-10(2)14(7-9)12-3-4-13(15(17)18)11(6-12)8-16/h3-4,6,8-10H,5,7H2,1-2H3. The Morgan fingerprint density at radius 2 is 2.17 bits per heavy atom. The van der Waals surface area contributed by atoms with Crippen LogP contribution in [0.3, 0.4) is 0 Å². The van der Waals surface area contributed by atoms with Gasteiger partial charge in [-0.15, -0.1) is 0 Å². The molecule has 1 heterocycles. The summed E-state index contributed by atoms with van der Waals surface area (Å²) in [5, 5.41) is 10.8. The van der Waals surface area contributed by atoms with Crippen molar-refractivity contribution in [1.82, 2.24) is 0 Å². The molecule has 2 rings (SSSR count). The fourth-order valence-corrected chi connectivity index (χ4v) is 2.64. The van der Waals surface area contributed by atoms with Crippen molar-refractivity contribution in [2.75, 3.05) is 11.4 Å². The van der Waals surface area contributed by atoms with E-state index in [1.54, 1.807) is 12.1 Å². The molecule has 2 atom stereocenters. The Kier molecular flexibility index (Phi) is 3.32. The predicted molar refractivity (Wildman–Crippen MR) is 69.1 cm³/mol. The molecule has 0 bridgehead atoms. The SMILES string of the molecule is CC1CC(C)N(c2ccc([N+](=O)[O-])c(C=O)c2)C1. The van der Waals surface area contributed by atoms with Crippen LogP contribution in [0, 0.1) is 16.0 Å². The van der Waals surface area contributed by atoms with E-state index in [9.17, 15) is 14.9 Å². The first-order valence-electron chi connectivity index (χ1n) is 6.03. The number of nitro benzene ring substituents is 1. The van der Waals surface area contributed by atoms with Crippen LogP contribution in [0.25, 0.3) is 0 Å². The maximum Gasteiger partial charge on any atom is 0.280 e. The van der Waals surface area contributed by atoms with Gasteiger partial charge in [0.05, 0.1) is 10.5 Å². The molecule has 0 amide bonds. The van der Waals surface area contributed by atoms with Crippen molar-refractivity contribution in [2.45, 2.75) is 26.3 Å². The van der Waals surface area contributed by atoms with Gasteiger partial charge in [0, 0.05) is 24.3 Å². The summed E-state index contributed by atoms with van der Waals surface area (Å²) in [5.74, 6) is 0.606. The van der Waals surface area contributed by atoms with Gasteiger partial charge in [-0.05, 0) is 31.4 Å². The number of rotatable bonds is 3. The van der Waals surface area contributed by atoms with Crippen LogP contribution in [0.4, 0.5) is 11.4 Å². The van der Waals surface area contributed by atoms with Crippen molar-refractivity contribution >= 4 is 17.7 Å². The fourth-order valence-electron chi connectivity index (χ4n) is 2.64. The smallest absolute Gasteiger partial charge is 0.280 e. The zero-order valence-corrected chi connectivity index (χ0v) is 10.5. The molecule has 1 aliphatic heterocycles. The molecule has 1 aromatic rings. The lowest BCUT2D eigenvalue weighted by Gasteiger charge is -2.24. The highest BCUT2D eigenvalue weighted by molar-refractivity contribution is 5.83. The lowest BCUT2D eigenvalue weighted by molar-refractivity contribution is -0.385. The van der Waals surface area contributed by atoms with Gasteiger partial charge < -0.3 is 4.90 Å². The minimum Gasteiger partial charge on any atom is -0.369 e. The minimum absolute atomic E-state index is 0.131. The van der Waals surface area contributed by atoms with Crippen molar-refractivity contribution in [1.29, 1.82) is 0 Å². The van der Waals surface area contributed by atoms with Crippen LogP contribution in [0.2, 0.25) is 0 Å². The molecule has 1 fully saturated rings. The number of hydrogen-bond donors (Lipinski definition) is 0. The first-order chi connectivity index (χ1) is 8.52. The molecule has 0 spiro atoms. The number of benzene rings is 1.